The summed E-state index contributed by atoms with van der Waals surface area (Å²) in [6, 6.07) is 66.6. The molecule has 0 radical (unpaired) electrons. The number of pyridine rings is 1. The molecule has 0 saturated heterocycles. The Morgan fingerprint density at radius 2 is 0.797 bits per heavy atom. The van der Waals surface area contributed by atoms with Gasteiger partial charge >= 0.3 is 0 Å². The summed E-state index contributed by atoms with van der Waals surface area (Å²) in [7, 11) is 0. The van der Waals surface area contributed by atoms with Crippen molar-refractivity contribution in [2.24, 2.45) is 0 Å². The van der Waals surface area contributed by atoms with Crippen molar-refractivity contribution in [3.8, 4) is 45.7 Å². The number of aromatic nitrogens is 6. The highest BCUT2D eigenvalue weighted by Crippen LogP contribution is 2.46. The average Bonchev–Trinajstić information content (AvgIpc) is 4.12. The van der Waals surface area contributed by atoms with Crippen LogP contribution >= 0.6 is 22.7 Å². The number of para-hydroxylation sites is 2. The first kappa shape index (κ1) is 35.5. The SMILES string of the molecule is c1ccc(-c2nc(-c3ccccc3)nc(-c3cc(-n4c5ccccc5c5ccc6c7ccccc7sc6c54)cnc3-n3c4ccccc4c4ccc5c6ccccc6sc5c43)n2)cc1. The molecule has 64 heavy (non-hydrogen) atoms. The molecule has 0 atom stereocenters. The van der Waals surface area contributed by atoms with Crippen LogP contribution in [0.3, 0.4) is 0 Å². The first-order valence-corrected chi connectivity index (χ1v) is 22.9. The van der Waals surface area contributed by atoms with E-state index >= 15 is 0 Å². The minimum absolute atomic E-state index is 0.541. The maximum Gasteiger partial charge on any atom is 0.167 e. The molecule has 14 rings (SSSR count). The van der Waals surface area contributed by atoms with Gasteiger partial charge in [0, 0.05) is 63.6 Å². The largest absolute Gasteiger partial charge is 0.306 e. The number of benzene rings is 8. The van der Waals surface area contributed by atoms with Crippen molar-refractivity contribution < 1.29 is 0 Å². The van der Waals surface area contributed by atoms with E-state index in [1.54, 1.807) is 0 Å². The van der Waals surface area contributed by atoms with Crippen molar-refractivity contribution in [1.82, 2.24) is 29.1 Å². The second-order valence-electron chi connectivity index (χ2n) is 16.2. The summed E-state index contributed by atoms with van der Waals surface area (Å²) in [6.07, 6.45) is 2.04. The zero-order chi connectivity index (χ0) is 41.9. The smallest absolute Gasteiger partial charge is 0.167 e. The molecular weight excluding hydrogens is 821 g/mol. The van der Waals surface area contributed by atoms with Gasteiger partial charge in [0.15, 0.2) is 17.5 Å². The number of fused-ring (bicyclic) bond motifs is 14. The van der Waals surface area contributed by atoms with Crippen LogP contribution in [0.5, 0.6) is 0 Å². The summed E-state index contributed by atoms with van der Waals surface area (Å²) >= 11 is 3.67. The molecule has 6 nitrogen and oxygen atoms in total. The van der Waals surface area contributed by atoms with E-state index in [1.165, 1.54) is 56.5 Å². The summed E-state index contributed by atoms with van der Waals surface area (Å²) < 4.78 is 9.73. The van der Waals surface area contributed by atoms with E-state index in [-0.39, 0.29) is 0 Å². The summed E-state index contributed by atoms with van der Waals surface area (Å²) in [5.41, 5.74) is 7.99. The van der Waals surface area contributed by atoms with Crippen LogP contribution in [0.4, 0.5) is 0 Å². The standard InChI is InChI=1S/C56H32N6S2/c1-3-15-33(16-4-1)53-58-54(34-17-5-2-6-18-34)60-55(59-53)44-31-35(61-45-23-11-7-19-36(45)40-27-29-42-38-21-9-13-25-47(38)63-51(42)49(40)61)32-57-56(44)62-46-24-12-8-20-37(46)41-28-30-43-39-22-10-14-26-48(39)64-52(43)50(41)62/h1-32H. The van der Waals surface area contributed by atoms with Crippen molar-refractivity contribution >= 4 is 107 Å². The molecule has 6 heterocycles. The first-order chi connectivity index (χ1) is 31.7. The van der Waals surface area contributed by atoms with Crippen molar-refractivity contribution in [3.63, 3.8) is 0 Å². The summed E-state index contributed by atoms with van der Waals surface area (Å²) in [5.74, 6) is 2.48. The number of nitrogens with zero attached hydrogens (tertiary/aromatic N) is 6. The predicted molar refractivity (Wildman–Crippen MR) is 268 cm³/mol. The molecule has 0 aliphatic carbocycles. The molecule has 6 aromatic heterocycles. The summed E-state index contributed by atoms with van der Waals surface area (Å²) in [4.78, 5) is 21.5. The molecule has 0 aliphatic heterocycles. The molecule has 0 aliphatic rings. The van der Waals surface area contributed by atoms with Gasteiger partial charge in [0.25, 0.3) is 0 Å². The Kier molecular flexibility index (Phi) is 7.63. The van der Waals surface area contributed by atoms with Crippen LogP contribution in [-0.2, 0) is 0 Å². The van der Waals surface area contributed by atoms with Crippen molar-refractivity contribution in [2.45, 2.75) is 0 Å². The average molecular weight is 853 g/mol. The second-order valence-corrected chi connectivity index (χ2v) is 18.3. The Bertz CT molecular complexity index is 4140. The normalized spacial score (nSPS) is 12.1. The maximum atomic E-state index is 5.61. The highest BCUT2D eigenvalue weighted by molar-refractivity contribution is 7.27. The number of hydrogen-bond acceptors (Lipinski definition) is 6. The van der Waals surface area contributed by atoms with Gasteiger partial charge in [0.2, 0.25) is 0 Å². The highest BCUT2D eigenvalue weighted by atomic mass is 32.1. The third kappa shape index (κ3) is 5.18. The van der Waals surface area contributed by atoms with E-state index in [0.29, 0.717) is 17.5 Å². The molecule has 0 amide bonds. The third-order valence-electron chi connectivity index (χ3n) is 12.6. The minimum Gasteiger partial charge on any atom is -0.306 e. The van der Waals surface area contributed by atoms with Gasteiger partial charge in [-0.3, -0.25) is 4.57 Å². The molecule has 0 bridgehead atoms. The molecule has 14 aromatic rings. The van der Waals surface area contributed by atoms with Gasteiger partial charge in [-0.1, -0.05) is 158 Å². The van der Waals surface area contributed by atoms with Crippen LogP contribution in [0.2, 0.25) is 0 Å². The Hall–Kier alpha value is -8.04. The zero-order valence-electron chi connectivity index (χ0n) is 34.0. The van der Waals surface area contributed by atoms with Gasteiger partial charge in [-0.25, -0.2) is 19.9 Å². The van der Waals surface area contributed by atoms with Crippen LogP contribution in [-0.4, -0.2) is 29.1 Å². The van der Waals surface area contributed by atoms with Crippen molar-refractivity contribution in [1.29, 1.82) is 0 Å². The van der Waals surface area contributed by atoms with Crippen LogP contribution in [0.25, 0.3) is 130 Å². The van der Waals surface area contributed by atoms with E-state index in [4.69, 9.17) is 19.9 Å². The molecule has 0 N–H and O–H groups in total. The lowest BCUT2D eigenvalue weighted by Crippen LogP contribution is -2.07. The Morgan fingerprint density at radius 1 is 0.359 bits per heavy atom. The Balaban J connectivity index is 1.14. The van der Waals surface area contributed by atoms with Crippen LogP contribution < -0.4 is 0 Å². The Labute approximate surface area is 373 Å². The fraction of sp³-hybridized carbons (Fsp3) is 0. The maximum absolute atomic E-state index is 5.61. The molecule has 8 aromatic carbocycles. The lowest BCUT2D eigenvalue weighted by atomic mass is 10.1. The molecule has 0 unspecified atom stereocenters. The van der Waals surface area contributed by atoms with E-state index in [0.717, 1.165) is 55.6 Å². The predicted octanol–water partition coefficient (Wildman–Crippen LogP) is 15.2. The fourth-order valence-corrected chi connectivity index (χ4v) is 12.3. The summed E-state index contributed by atoms with van der Waals surface area (Å²) in [5, 5.41) is 9.72. The highest BCUT2D eigenvalue weighted by Gasteiger charge is 2.25. The molecule has 8 heteroatoms. The topological polar surface area (TPSA) is 61.4 Å². The van der Waals surface area contributed by atoms with E-state index in [2.05, 4.69) is 161 Å². The van der Waals surface area contributed by atoms with Gasteiger partial charge in [-0.15, -0.1) is 22.7 Å². The van der Waals surface area contributed by atoms with Gasteiger partial charge < -0.3 is 4.57 Å². The fourth-order valence-electron chi connectivity index (χ4n) is 9.79. The van der Waals surface area contributed by atoms with E-state index in [1.807, 2.05) is 65.3 Å². The quantitative estimate of drug-likeness (QED) is 0.173. The van der Waals surface area contributed by atoms with Crippen LogP contribution in [0.15, 0.2) is 194 Å². The molecule has 0 spiro atoms. The van der Waals surface area contributed by atoms with Crippen molar-refractivity contribution in [3.05, 3.63) is 194 Å². The summed E-state index contributed by atoms with van der Waals surface area (Å²) in [6.45, 7) is 0. The lowest BCUT2D eigenvalue weighted by molar-refractivity contribution is 1.03. The van der Waals surface area contributed by atoms with Crippen LogP contribution in [0.1, 0.15) is 0 Å². The van der Waals surface area contributed by atoms with Gasteiger partial charge in [0.05, 0.1) is 48.9 Å². The van der Waals surface area contributed by atoms with Gasteiger partial charge in [-0.05, 0) is 30.3 Å². The molecule has 0 fully saturated rings. The number of thiophene rings is 2. The lowest BCUT2D eigenvalue weighted by Gasteiger charge is -2.16. The van der Waals surface area contributed by atoms with Crippen LogP contribution in [0, 0.1) is 0 Å². The molecule has 0 saturated carbocycles. The van der Waals surface area contributed by atoms with Crippen molar-refractivity contribution in [2.75, 3.05) is 0 Å². The molecule has 298 valence electrons. The zero-order valence-corrected chi connectivity index (χ0v) is 35.6. The Morgan fingerprint density at radius 3 is 1.36 bits per heavy atom. The number of rotatable bonds is 5. The molecular formula is C56H32N6S2. The van der Waals surface area contributed by atoms with E-state index < -0.39 is 0 Å². The van der Waals surface area contributed by atoms with Gasteiger partial charge in [0.1, 0.15) is 5.82 Å². The van der Waals surface area contributed by atoms with E-state index in [9.17, 15) is 0 Å². The van der Waals surface area contributed by atoms with Gasteiger partial charge in [-0.2, -0.15) is 0 Å². The first-order valence-electron chi connectivity index (χ1n) is 21.3. The second kappa shape index (κ2) is 13.7. The number of hydrogen-bond donors (Lipinski definition) is 0. The minimum atomic E-state index is 0.541. The monoisotopic (exact) mass is 852 g/mol. The third-order valence-corrected chi connectivity index (χ3v) is 15.0.